The van der Waals surface area contributed by atoms with E-state index in [1.807, 2.05) is 32.4 Å². The summed E-state index contributed by atoms with van der Waals surface area (Å²) >= 11 is 0. The van der Waals surface area contributed by atoms with Gasteiger partial charge in [0, 0.05) is 17.2 Å². The second kappa shape index (κ2) is 6.48. The molecule has 0 saturated heterocycles. The minimum absolute atomic E-state index is 0.116. The zero-order valence-electron chi connectivity index (χ0n) is 14.7. The smallest absolute Gasteiger partial charge is 0.276 e. The van der Waals surface area contributed by atoms with Crippen LogP contribution in [-0.2, 0) is 5.41 Å². The summed E-state index contributed by atoms with van der Waals surface area (Å²) < 4.78 is 1.88. The number of aryl methyl sites for hydroxylation is 1. The Bertz CT molecular complexity index is 682. The van der Waals surface area contributed by atoms with Crippen LogP contribution in [-0.4, -0.2) is 25.7 Å². The first-order chi connectivity index (χ1) is 10.7. The number of nitrogens with zero attached hydrogens (tertiary/aromatic N) is 4. The SMILES string of the molecule is CCC(C)n1nc(C(=O)Nc2cnc(C(C)(C)C)nc2)cc1C. The maximum atomic E-state index is 12.3. The Morgan fingerprint density at radius 3 is 2.43 bits per heavy atom. The van der Waals surface area contributed by atoms with Gasteiger partial charge < -0.3 is 5.32 Å². The predicted molar refractivity (Wildman–Crippen MR) is 90.7 cm³/mol. The Morgan fingerprint density at radius 1 is 1.30 bits per heavy atom. The maximum absolute atomic E-state index is 12.3. The second-order valence-corrected chi connectivity index (χ2v) is 6.87. The van der Waals surface area contributed by atoms with E-state index in [9.17, 15) is 4.79 Å². The lowest BCUT2D eigenvalue weighted by molar-refractivity contribution is 0.102. The number of carbonyl (C=O) groups excluding carboxylic acids is 1. The molecule has 1 N–H and O–H groups in total. The molecule has 0 aliphatic heterocycles. The van der Waals surface area contributed by atoms with Gasteiger partial charge in [-0.15, -0.1) is 0 Å². The van der Waals surface area contributed by atoms with Crippen LogP contribution in [0.5, 0.6) is 0 Å². The highest BCUT2D eigenvalue weighted by atomic mass is 16.2. The first kappa shape index (κ1) is 17.1. The third kappa shape index (κ3) is 3.94. The van der Waals surface area contributed by atoms with Gasteiger partial charge in [0.05, 0.1) is 18.1 Å². The van der Waals surface area contributed by atoms with Crippen LogP contribution >= 0.6 is 0 Å². The predicted octanol–water partition coefficient (Wildman–Crippen LogP) is 3.50. The summed E-state index contributed by atoms with van der Waals surface area (Å²) in [5.74, 6) is 0.495. The van der Waals surface area contributed by atoms with Gasteiger partial charge >= 0.3 is 0 Å². The maximum Gasteiger partial charge on any atom is 0.276 e. The summed E-state index contributed by atoms with van der Waals surface area (Å²) in [6, 6.07) is 2.07. The molecule has 0 spiro atoms. The molecular weight excluding hydrogens is 290 g/mol. The van der Waals surface area contributed by atoms with Crippen LogP contribution < -0.4 is 5.32 Å². The van der Waals surface area contributed by atoms with Gasteiger partial charge in [0.2, 0.25) is 0 Å². The third-order valence-corrected chi connectivity index (χ3v) is 3.74. The highest BCUT2D eigenvalue weighted by Gasteiger charge is 2.18. The van der Waals surface area contributed by atoms with Crippen molar-refractivity contribution in [3.8, 4) is 0 Å². The van der Waals surface area contributed by atoms with Crippen molar-refractivity contribution >= 4 is 11.6 Å². The van der Waals surface area contributed by atoms with Crippen molar-refractivity contribution in [1.82, 2.24) is 19.7 Å². The molecule has 2 aromatic heterocycles. The molecule has 1 atom stereocenters. The molecule has 0 aromatic carbocycles. The second-order valence-electron chi connectivity index (χ2n) is 6.87. The van der Waals surface area contributed by atoms with Crippen LogP contribution in [0.15, 0.2) is 18.5 Å². The van der Waals surface area contributed by atoms with Gasteiger partial charge in [-0.2, -0.15) is 5.10 Å². The molecule has 2 aromatic rings. The molecule has 1 amide bonds. The molecule has 0 aliphatic carbocycles. The number of anilines is 1. The minimum Gasteiger partial charge on any atom is -0.318 e. The van der Waals surface area contributed by atoms with E-state index in [2.05, 4.69) is 34.2 Å². The van der Waals surface area contributed by atoms with Crippen LogP contribution in [0, 0.1) is 6.92 Å². The van der Waals surface area contributed by atoms with E-state index in [1.54, 1.807) is 18.5 Å². The molecular formula is C17H25N5O. The average molecular weight is 315 g/mol. The summed E-state index contributed by atoms with van der Waals surface area (Å²) in [4.78, 5) is 20.9. The zero-order valence-corrected chi connectivity index (χ0v) is 14.7. The zero-order chi connectivity index (χ0) is 17.2. The molecule has 23 heavy (non-hydrogen) atoms. The lowest BCUT2D eigenvalue weighted by Gasteiger charge is -2.16. The molecule has 0 fully saturated rings. The molecule has 2 rings (SSSR count). The van der Waals surface area contributed by atoms with Crippen molar-refractivity contribution in [1.29, 1.82) is 0 Å². The Kier molecular flexibility index (Phi) is 4.82. The van der Waals surface area contributed by atoms with Gasteiger partial charge in [-0.3, -0.25) is 9.48 Å². The Hall–Kier alpha value is -2.24. The van der Waals surface area contributed by atoms with Gasteiger partial charge in [0.1, 0.15) is 5.82 Å². The number of hydrogen-bond acceptors (Lipinski definition) is 4. The standard InChI is InChI=1S/C17H25N5O/c1-7-11(2)22-12(3)8-14(21-22)15(23)20-13-9-18-16(19-10-13)17(4,5)6/h8-11H,7H2,1-6H3,(H,20,23). The van der Waals surface area contributed by atoms with Crippen LogP contribution in [0.3, 0.4) is 0 Å². The summed E-state index contributed by atoms with van der Waals surface area (Å²) in [6.45, 7) is 12.3. The van der Waals surface area contributed by atoms with Crippen LogP contribution in [0.25, 0.3) is 0 Å². The molecule has 1 unspecified atom stereocenters. The Labute approximate surface area is 137 Å². The van der Waals surface area contributed by atoms with Crippen molar-refractivity contribution in [2.75, 3.05) is 5.32 Å². The summed E-state index contributed by atoms with van der Waals surface area (Å²) in [5, 5.41) is 7.19. The molecule has 0 aliphatic rings. The molecule has 2 heterocycles. The number of rotatable bonds is 4. The summed E-state index contributed by atoms with van der Waals surface area (Å²) in [5.41, 5.74) is 1.83. The quantitative estimate of drug-likeness (QED) is 0.937. The lowest BCUT2D eigenvalue weighted by atomic mass is 9.96. The Morgan fingerprint density at radius 2 is 1.91 bits per heavy atom. The molecule has 6 heteroatoms. The topological polar surface area (TPSA) is 72.7 Å². The van der Waals surface area contributed by atoms with Crippen molar-refractivity contribution in [2.45, 2.75) is 59.4 Å². The number of amides is 1. The number of nitrogens with one attached hydrogen (secondary N) is 1. The monoisotopic (exact) mass is 315 g/mol. The van der Waals surface area contributed by atoms with E-state index in [-0.39, 0.29) is 17.4 Å². The van der Waals surface area contributed by atoms with E-state index >= 15 is 0 Å². The van der Waals surface area contributed by atoms with Crippen LogP contribution in [0.1, 0.15) is 69.1 Å². The van der Waals surface area contributed by atoms with E-state index in [1.165, 1.54) is 0 Å². The fourth-order valence-electron chi connectivity index (χ4n) is 2.19. The van der Waals surface area contributed by atoms with E-state index in [0.717, 1.165) is 17.9 Å². The first-order valence-corrected chi connectivity index (χ1v) is 7.92. The highest BCUT2D eigenvalue weighted by molar-refractivity contribution is 6.02. The molecule has 6 nitrogen and oxygen atoms in total. The van der Waals surface area contributed by atoms with Crippen molar-refractivity contribution in [3.63, 3.8) is 0 Å². The van der Waals surface area contributed by atoms with Gasteiger partial charge in [-0.05, 0) is 26.3 Å². The van der Waals surface area contributed by atoms with Gasteiger partial charge in [0.15, 0.2) is 5.69 Å². The first-order valence-electron chi connectivity index (χ1n) is 7.92. The number of carbonyl (C=O) groups is 1. The number of aromatic nitrogens is 4. The summed E-state index contributed by atoms with van der Waals surface area (Å²) in [6.07, 6.45) is 4.22. The third-order valence-electron chi connectivity index (χ3n) is 3.74. The molecule has 0 saturated carbocycles. The highest BCUT2D eigenvalue weighted by Crippen LogP contribution is 2.19. The van der Waals surface area contributed by atoms with Gasteiger partial charge in [-0.25, -0.2) is 9.97 Å². The van der Waals surface area contributed by atoms with E-state index in [0.29, 0.717) is 11.4 Å². The van der Waals surface area contributed by atoms with E-state index < -0.39 is 0 Å². The average Bonchev–Trinajstić information content (AvgIpc) is 2.88. The minimum atomic E-state index is -0.248. The lowest BCUT2D eigenvalue weighted by Crippen LogP contribution is -2.18. The number of hydrogen-bond donors (Lipinski definition) is 1. The largest absolute Gasteiger partial charge is 0.318 e. The van der Waals surface area contributed by atoms with Crippen molar-refractivity contribution in [3.05, 3.63) is 35.7 Å². The van der Waals surface area contributed by atoms with Crippen LogP contribution in [0.4, 0.5) is 5.69 Å². The van der Waals surface area contributed by atoms with Crippen LogP contribution in [0.2, 0.25) is 0 Å². The molecule has 0 bridgehead atoms. The van der Waals surface area contributed by atoms with Crippen molar-refractivity contribution < 1.29 is 4.79 Å². The molecule has 124 valence electrons. The Balaban J connectivity index is 2.13. The van der Waals surface area contributed by atoms with Gasteiger partial charge in [0.25, 0.3) is 5.91 Å². The fraction of sp³-hybridized carbons (Fsp3) is 0.529. The summed E-state index contributed by atoms with van der Waals surface area (Å²) in [7, 11) is 0. The van der Waals surface area contributed by atoms with Gasteiger partial charge in [-0.1, -0.05) is 27.7 Å². The fourth-order valence-corrected chi connectivity index (χ4v) is 2.19. The van der Waals surface area contributed by atoms with Crippen molar-refractivity contribution in [2.24, 2.45) is 0 Å². The normalized spacial score (nSPS) is 13.0. The van der Waals surface area contributed by atoms with E-state index in [4.69, 9.17) is 0 Å². The molecule has 0 radical (unpaired) electrons.